The van der Waals surface area contributed by atoms with Crippen molar-refractivity contribution < 1.29 is 19.0 Å². The van der Waals surface area contributed by atoms with E-state index in [4.69, 9.17) is 14.2 Å². The number of morpholine rings is 2. The van der Waals surface area contributed by atoms with Gasteiger partial charge < -0.3 is 19.5 Å². The number of fused-ring (bicyclic) bond motifs is 1. The molecule has 3 rings (SSSR count). The van der Waals surface area contributed by atoms with Gasteiger partial charge in [-0.2, -0.15) is 0 Å². The highest BCUT2D eigenvalue weighted by molar-refractivity contribution is 5.67. The van der Waals surface area contributed by atoms with Gasteiger partial charge in [-0.05, 0) is 19.3 Å². The highest BCUT2D eigenvalue weighted by Crippen LogP contribution is 2.24. The van der Waals surface area contributed by atoms with Gasteiger partial charge in [0.1, 0.15) is 6.10 Å². The van der Waals surface area contributed by atoms with Gasteiger partial charge in [0.05, 0.1) is 32.0 Å². The summed E-state index contributed by atoms with van der Waals surface area (Å²) in [6.07, 6.45) is 2.97. The standard InChI is InChI=1S/C13H22N2O4/c16-12(19-11-2-1-3-11)14-8-13-9-17-6-4-15(13)5-7-18-10-13/h11H,1-10H2,(H,14,16). The van der Waals surface area contributed by atoms with Crippen LogP contribution in [0.25, 0.3) is 0 Å². The van der Waals surface area contributed by atoms with Gasteiger partial charge in [0.2, 0.25) is 0 Å². The number of nitrogens with zero attached hydrogens (tertiary/aromatic N) is 1. The fraction of sp³-hybridized carbons (Fsp3) is 0.923. The number of ether oxygens (including phenoxy) is 3. The molecule has 1 N–H and O–H groups in total. The van der Waals surface area contributed by atoms with Crippen molar-refractivity contribution in [2.75, 3.05) is 46.1 Å². The van der Waals surface area contributed by atoms with Crippen LogP contribution < -0.4 is 5.32 Å². The number of carbonyl (C=O) groups excluding carboxylic acids is 1. The first-order valence-corrected chi connectivity index (χ1v) is 7.14. The Morgan fingerprint density at radius 3 is 2.53 bits per heavy atom. The number of nitrogens with one attached hydrogen (secondary N) is 1. The Morgan fingerprint density at radius 2 is 1.95 bits per heavy atom. The summed E-state index contributed by atoms with van der Waals surface area (Å²) < 4.78 is 16.5. The number of hydrogen-bond acceptors (Lipinski definition) is 5. The largest absolute Gasteiger partial charge is 0.446 e. The second-order valence-electron chi connectivity index (χ2n) is 5.63. The normalized spacial score (nSPS) is 27.2. The van der Waals surface area contributed by atoms with E-state index in [1.165, 1.54) is 0 Å². The van der Waals surface area contributed by atoms with Gasteiger partial charge in [-0.3, -0.25) is 4.90 Å². The summed E-state index contributed by atoms with van der Waals surface area (Å²) in [5, 5.41) is 2.88. The monoisotopic (exact) mass is 270 g/mol. The van der Waals surface area contributed by atoms with Gasteiger partial charge >= 0.3 is 6.09 Å². The van der Waals surface area contributed by atoms with E-state index in [2.05, 4.69) is 10.2 Å². The fourth-order valence-electron chi connectivity index (χ4n) is 2.82. The molecule has 0 aromatic rings. The molecule has 6 nitrogen and oxygen atoms in total. The summed E-state index contributed by atoms with van der Waals surface area (Å²) >= 11 is 0. The molecule has 3 fully saturated rings. The van der Waals surface area contributed by atoms with Gasteiger partial charge in [0.25, 0.3) is 0 Å². The van der Waals surface area contributed by atoms with Crippen molar-refractivity contribution >= 4 is 6.09 Å². The lowest BCUT2D eigenvalue weighted by atomic mass is 9.96. The van der Waals surface area contributed by atoms with E-state index in [0.29, 0.717) is 19.8 Å². The second kappa shape index (κ2) is 5.64. The summed E-state index contributed by atoms with van der Waals surface area (Å²) in [6.45, 7) is 5.07. The molecule has 2 heterocycles. The molecule has 0 unspecified atom stereocenters. The lowest BCUT2D eigenvalue weighted by molar-refractivity contribution is -0.139. The molecule has 0 atom stereocenters. The highest BCUT2D eigenvalue weighted by Gasteiger charge is 2.42. The minimum absolute atomic E-state index is 0.124. The molecule has 2 saturated heterocycles. The molecule has 3 aliphatic rings. The first-order valence-electron chi connectivity index (χ1n) is 7.14. The maximum Gasteiger partial charge on any atom is 0.407 e. The topological polar surface area (TPSA) is 60.0 Å². The van der Waals surface area contributed by atoms with Gasteiger partial charge in [-0.15, -0.1) is 0 Å². The third-order valence-corrected chi connectivity index (χ3v) is 4.31. The lowest BCUT2D eigenvalue weighted by Gasteiger charge is -2.49. The lowest BCUT2D eigenvalue weighted by Crippen LogP contribution is -2.67. The fourth-order valence-corrected chi connectivity index (χ4v) is 2.82. The first kappa shape index (κ1) is 13.1. The average Bonchev–Trinajstić information content (AvgIpc) is 2.41. The van der Waals surface area contributed by atoms with E-state index in [9.17, 15) is 4.79 Å². The molecule has 2 aliphatic heterocycles. The molecular weight excluding hydrogens is 248 g/mol. The van der Waals surface area contributed by atoms with E-state index in [1.807, 2.05) is 0 Å². The molecule has 19 heavy (non-hydrogen) atoms. The number of amides is 1. The quantitative estimate of drug-likeness (QED) is 0.802. The Kier molecular flexibility index (Phi) is 3.91. The molecule has 1 amide bonds. The Morgan fingerprint density at radius 1 is 1.26 bits per heavy atom. The smallest absolute Gasteiger partial charge is 0.407 e. The summed E-state index contributed by atoms with van der Waals surface area (Å²) in [7, 11) is 0. The predicted octanol–water partition coefficient (Wildman–Crippen LogP) is 0.366. The van der Waals surface area contributed by atoms with Crippen LogP contribution in [0.2, 0.25) is 0 Å². The molecule has 0 aromatic carbocycles. The first-order chi connectivity index (χ1) is 9.28. The van der Waals surface area contributed by atoms with Crippen molar-refractivity contribution in [3.8, 4) is 0 Å². The van der Waals surface area contributed by atoms with E-state index in [0.717, 1.165) is 45.6 Å². The zero-order valence-corrected chi connectivity index (χ0v) is 11.2. The van der Waals surface area contributed by atoms with Gasteiger partial charge in [-0.25, -0.2) is 4.79 Å². The minimum Gasteiger partial charge on any atom is -0.446 e. The summed E-state index contributed by atoms with van der Waals surface area (Å²) in [5.74, 6) is 0. The van der Waals surface area contributed by atoms with Crippen LogP contribution in [0.4, 0.5) is 4.79 Å². The number of carbonyl (C=O) groups is 1. The van der Waals surface area contributed by atoms with Crippen LogP contribution >= 0.6 is 0 Å². The van der Waals surface area contributed by atoms with E-state index >= 15 is 0 Å². The molecule has 0 spiro atoms. The maximum atomic E-state index is 11.7. The zero-order valence-electron chi connectivity index (χ0n) is 11.2. The molecule has 1 saturated carbocycles. The highest BCUT2D eigenvalue weighted by atomic mass is 16.6. The van der Waals surface area contributed by atoms with Gasteiger partial charge in [-0.1, -0.05) is 0 Å². The Labute approximate surface area is 113 Å². The summed E-state index contributed by atoms with van der Waals surface area (Å²) in [5.41, 5.74) is -0.213. The third-order valence-electron chi connectivity index (χ3n) is 4.31. The number of rotatable bonds is 3. The maximum absolute atomic E-state index is 11.7. The Bertz CT molecular complexity index is 321. The zero-order chi connectivity index (χ0) is 13.1. The molecule has 0 aromatic heterocycles. The molecule has 6 heteroatoms. The Balaban J connectivity index is 1.52. The van der Waals surface area contributed by atoms with Crippen LogP contribution in [0, 0.1) is 0 Å². The van der Waals surface area contributed by atoms with Gasteiger partial charge in [0.15, 0.2) is 0 Å². The summed E-state index contributed by atoms with van der Waals surface area (Å²) in [4.78, 5) is 14.1. The van der Waals surface area contributed by atoms with Crippen LogP contribution in [0.15, 0.2) is 0 Å². The molecular formula is C13H22N2O4. The van der Waals surface area contributed by atoms with Crippen LogP contribution in [0.3, 0.4) is 0 Å². The van der Waals surface area contributed by atoms with E-state index < -0.39 is 0 Å². The minimum atomic E-state index is -0.310. The van der Waals surface area contributed by atoms with Gasteiger partial charge in [0, 0.05) is 19.6 Å². The van der Waals surface area contributed by atoms with Crippen LogP contribution in [-0.4, -0.2) is 68.7 Å². The van der Waals surface area contributed by atoms with Crippen molar-refractivity contribution in [2.45, 2.75) is 30.9 Å². The van der Waals surface area contributed by atoms with Crippen molar-refractivity contribution in [3.63, 3.8) is 0 Å². The molecule has 0 radical (unpaired) electrons. The number of hydrogen-bond donors (Lipinski definition) is 1. The van der Waals surface area contributed by atoms with Crippen molar-refractivity contribution in [1.29, 1.82) is 0 Å². The van der Waals surface area contributed by atoms with Crippen LogP contribution in [0.5, 0.6) is 0 Å². The van der Waals surface area contributed by atoms with Crippen molar-refractivity contribution in [3.05, 3.63) is 0 Å². The van der Waals surface area contributed by atoms with Crippen LogP contribution in [-0.2, 0) is 14.2 Å². The van der Waals surface area contributed by atoms with Crippen molar-refractivity contribution in [2.24, 2.45) is 0 Å². The van der Waals surface area contributed by atoms with E-state index in [1.54, 1.807) is 0 Å². The number of alkyl carbamates (subject to hydrolysis) is 1. The SMILES string of the molecule is O=C(NCC12COCCN1CCOC2)OC1CCC1. The van der Waals surface area contributed by atoms with Crippen LogP contribution in [0.1, 0.15) is 19.3 Å². The van der Waals surface area contributed by atoms with Crippen molar-refractivity contribution in [1.82, 2.24) is 10.2 Å². The van der Waals surface area contributed by atoms with E-state index in [-0.39, 0.29) is 17.7 Å². The molecule has 1 aliphatic carbocycles. The third kappa shape index (κ3) is 2.85. The second-order valence-corrected chi connectivity index (χ2v) is 5.63. The Hall–Kier alpha value is -0.850. The predicted molar refractivity (Wildman–Crippen MR) is 68.1 cm³/mol. The molecule has 108 valence electrons. The molecule has 0 bridgehead atoms. The average molecular weight is 270 g/mol. The summed E-state index contributed by atoms with van der Waals surface area (Å²) in [6, 6.07) is 0.